The van der Waals surface area contributed by atoms with E-state index in [9.17, 15) is 4.79 Å². The summed E-state index contributed by atoms with van der Waals surface area (Å²) in [6.07, 6.45) is 4.35. The van der Waals surface area contributed by atoms with Gasteiger partial charge in [0.2, 0.25) is 5.91 Å². The van der Waals surface area contributed by atoms with E-state index in [0.29, 0.717) is 6.42 Å². The molecule has 2 heterocycles. The molecule has 3 rings (SSSR count). The van der Waals surface area contributed by atoms with Gasteiger partial charge in [-0.3, -0.25) is 4.79 Å². The van der Waals surface area contributed by atoms with E-state index >= 15 is 0 Å². The van der Waals surface area contributed by atoms with E-state index in [1.54, 1.807) is 7.11 Å². The van der Waals surface area contributed by atoms with Crippen LogP contribution in [0.3, 0.4) is 0 Å². The SMILES string of the molecule is COc1cccc(CC(=O)N[C@H]2CCc3nc(C(C)(C)C)cn3C2)c1. The van der Waals surface area contributed by atoms with Crippen LogP contribution in [-0.2, 0) is 29.6 Å². The number of amides is 1. The first-order chi connectivity index (χ1) is 11.8. The number of carbonyl (C=O) groups is 1. The molecule has 0 bridgehead atoms. The van der Waals surface area contributed by atoms with Crippen molar-refractivity contribution in [2.75, 3.05) is 7.11 Å². The fourth-order valence-electron chi connectivity index (χ4n) is 3.17. The van der Waals surface area contributed by atoms with Crippen molar-refractivity contribution < 1.29 is 9.53 Å². The van der Waals surface area contributed by atoms with Gasteiger partial charge < -0.3 is 14.6 Å². The van der Waals surface area contributed by atoms with E-state index < -0.39 is 0 Å². The maximum Gasteiger partial charge on any atom is 0.224 e. The number of methoxy groups -OCH3 is 1. The van der Waals surface area contributed by atoms with Gasteiger partial charge in [0.15, 0.2) is 0 Å². The first-order valence-corrected chi connectivity index (χ1v) is 8.84. The zero-order valence-corrected chi connectivity index (χ0v) is 15.5. The maximum atomic E-state index is 12.4. The summed E-state index contributed by atoms with van der Waals surface area (Å²) in [7, 11) is 1.63. The van der Waals surface area contributed by atoms with Crippen molar-refractivity contribution in [1.29, 1.82) is 0 Å². The zero-order chi connectivity index (χ0) is 18.0. The lowest BCUT2D eigenvalue weighted by atomic mass is 9.93. The van der Waals surface area contributed by atoms with Crippen molar-refractivity contribution in [3.8, 4) is 5.75 Å². The van der Waals surface area contributed by atoms with E-state index in [4.69, 9.17) is 9.72 Å². The van der Waals surface area contributed by atoms with Crippen molar-refractivity contribution in [2.24, 2.45) is 0 Å². The molecule has 1 aromatic heterocycles. The lowest BCUT2D eigenvalue weighted by molar-refractivity contribution is -0.121. The van der Waals surface area contributed by atoms with Crippen molar-refractivity contribution in [2.45, 2.75) is 58.0 Å². The fraction of sp³-hybridized carbons (Fsp3) is 0.500. The second kappa shape index (κ2) is 6.90. The van der Waals surface area contributed by atoms with E-state index in [-0.39, 0.29) is 17.4 Å². The average Bonchev–Trinajstić information content (AvgIpc) is 2.98. The lowest BCUT2D eigenvalue weighted by Crippen LogP contribution is -2.41. The van der Waals surface area contributed by atoms with Crippen molar-refractivity contribution in [3.63, 3.8) is 0 Å². The van der Waals surface area contributed by atoms with Gasteiger partial charge in [0.1, 0.15) is 11.6 Å². The molecule has 1 amide bonds. The van der Waals surface area contributed by atoms with Gasteiger partial charge in [-0.1, -0.05) is 32.9 Å². The molecule has 1 aromatic carbocycles. The summed E-state index contributed by atoms with van der Waals surface area (Å²) in [5, 5.41) is 3.17. The number of hydrogen-bond donors (Lipinski definition) is 1. The third-order valence-electron chi connectivity index (χ3n) is 4.63. The van der Waals surface area contributed by atoms with Gasteiger partial charge in [0, 0.05) is 30.6 Å². The van der Waals surface area contributed by atoms with Crippen LogP contribution in [0.25, 0.3) is 0 Å². The van der Waals surface area contributed by atoms with Crippen molar-refractivity contribution in [1.82, 2.24) is 14.9 Å². The summed E-state index contributed by atoms with van der Waals surface area (Å²) >= 11 is 0. The first kappa shape index (κ1) is 17.5. The minimum absolute atomic E-state index is 0.0510. The predicted octanol–water partition coefficient (Wildman–Crippen LogP) is 2.86. The van der Waals surface area contributed by atoms with E-state index in [2.05, 4.69) is 36.9 Å². The van der Waals surface area contributed by atoms with Crippen LogP contribution < -0.4 is 10.1 Å². The monoisotopic (exact) mass is 341 g/mol. The second-order valence-corrected chi connectivity index (χ2v) is 7.78. The molecule has 0 unspecified atom stereocenters. The van der Waals surface area contributed by atoms with Crippen molar-refractivity contribution in [3.05, 3.63) is 47.5 Å². The van der Waals surface area contributed by atoms with Crippen molar-refractivity contribution >= 4 is 5.91 Å². The molecule has 1 aliphatic rings. The highest BCUT2D eigenvalue weighted by Gasteiger charge is 2.25. The number of ether oxygens (including phenoxy) is 1. The molecule has 1 atom stereocenters. The van der Waals surface area contributed by atoms with Gasteiger partial charge in [0.25, 0.3) is 0 Å². The number of carbonyl (C=O) groups excluding carboxylic acids is 1. The zero-order valence-electron chi connectivity index (χ0n) is 15.5. The number of aromatic nitrogens is 2. The van der Waals surface area contributed by atoms with E-state index in [1.165, 1.54) is 0 Å². The summed E-state index contributed by atoms with van der Waals surface area (Å²) in [6.45, 7) is 7.32. The average molecular weight is 341 g/mol. The largest absolute Gasteiger partial charge is 0.497 e. The third-order valence-corrected chi connectivity index (χ3v) is 4.63. The Hall–Kier alpha value is -2.30. The molecular weight excluding hydrogens is 314 g/mol. The van der Waals surface area contributed by atoms with Crippen LogP contribution >= 0.6 is 0 Å². The number of nitrogens with zero attached hydrogens (tertiary/aromatic N) is 2. The van der Waals surface area contributed by atoms with Crippen LogP contribution in [0.4, 0.5) is 0 Å². The van der Waals surface area contributed by atoms with Crippen LogP contribution in [0.15, 0.2) is 30.5 Å². The molecule has 1 N–H and O–H groups in total. The Kier molecular flexibility index (Phi) is 4.84. The van der Waals surface area contributed by atoms with Gasteiger partial charge in [-0.25, -0.2) is 4.98 Å². The number of hydrogen-bond acceptors (Lipinski definition) is 3. The number of aryl methyl sites for hydroxylation is 1. The summed E-state index contributed by atoms with van der Waals surface area (Å²) in [4.78, 5) is 17.1. The second-order valence-electron chi connectivity index (χ2n) is 7.78. The van der Waals surface area contributed by atoms with Gasteiger partial charge in [-0.05, 0) is 24.1 Å². The Balaban J connectivity index is 1.60. The summed E-state index contributed by atoms with van der Waals surface area (Å²) in [5.41, 5.74) is 2.13. The molecular formula is C20H27N3O2. The fourth-order valence-corrected chi connectivity index (χ4v) is 3.17. The highest BCUT2D eigenvalue weighted by molar-refractivity contribution is 5.79. The number of imidazole rings is 1. The minimum Gasteiger partial charge on any atom is -0.497 e. The third kappa shape index (κ3) is 4.21. The number of nitrogens with one attached hydrogen (secondary N) is 1. The van der Waals surface area contributed by atoms with Gasteiger partial charge >= 0.3 is 0 Å². The van der Waals surface area contributed by atoms with Gasteiger partial charge in [0.05, 0.1) is 19.2 Å². The summed E-state index contributed by atoms with van der Waals surface area (Å²) in [6, 6.07) is 7.81. The molecule has 0 saturated heterocycles. The molecule has 0 fully saturated rings. The Morgan fingerprint density at radius 2 is 2.20 bits per heavy atom. The molecule has 0 saturated carbocycles. The number of rotatable bonds is 4. The molecule has 0 radical (unpaired) electrons. The van der Waals surface area contributed by atoms with Crippen LogP contribution in [-0.4, -0.2) is 28.6 Å². The standard InChI is InChI=1S/C20H27N3O2/c1-20(2,3)17-13-23-12-15(8-9-18(23)22-17)21-19(24)11-14-6-5-7-16(10-14)25-4/h5-7,10,13,15H,8-9,11-12H2,1-4H3,(H,21,24)/t15-/m0/s1. The minimum atomic E-state index is 0.0510. The summed E-state index contributed by atoms with van der Waals surface area (Å²) in [5.74, 6) is 1.96. The molecule has 5 heteroatoms. The Morgan fingerprint density at radius 1 is 1.40 bits per heavy atom. The van der Waals surface area contributed by atoms with Gasteiger partial charge in [-0.2, -0.15) is 0 Å². The molecule has 25 heavy (non-hydrogen) atoms. The van der Waals surface area contributed by atoms with E-state index in [1.807, 2.05) is 24.3 Å². The Bertz CT molecular complexity index is 759. The molecule has 134 valence electrons. The summed E-state index contributed by atoms with van der Waals surface area (Å²) < 4.78 is 7.41. The Morgan fingerprint density at radius 3 is 2.92 bits per heavy atom. The highest BCUT2D eigenvalue weighted by atomic mass is 16.5. The molecule has 2 aromatic rings. The predicted molar refractivity (Wildman–Crippen MR) is 97.9 cm³/mol. The lowest BCUT2D eigenvalue weighted by Gasteiger charge is -2.24. The Labute approximate surface area is 149 Å². The van der Waals surface area contributed by atoms with Crippen LogP contribution in [0.2, 0.25) is 0 Å². The van der Waals surface area contributed by atoms with Crippen LogP contribution in [0.5, 0.6) is 5.75 Å². The molecule has 5 nitrogen and oxygen atoms in total. The smallest absolute Gasteiger partial charge is 0.224 e. The quantitative estimate of drug-likeness (QED) is 0.930. The maximum absolute atomic E-state index is 12.4. The van der Waals surface area contributed by atoms with Crippen LogP contribution in [0, 0.1) is 0 Å². The molecule has 0 aliphatic carbocycles. The number of benzene rings is 1. The normalized spacial score (nSPS) is 17.0. The highest BCUT2D eigenvalue weighted by Crippen LogP contribution is 2.24. The first-order valence-electron chi connectivity index (χ1n) is 8.84. The van der Waals surface area contributed by atoms with Crippen LogP contribution in [0.1, 0.15) is 44.3 Å². The molecule has 0 spiro atoms. The number of fused-ring (bicyclic) bond motifs is 1. The van der Waals surface area contributed by atoms with Gasteiger partial charge in [-0.15, -0.1) is 0 Å². The molecule has 1 aliphatic heterocycles. The topological polar surface area (TPSA) is 56.1 Å². The van der Waals surface area contributed by atoms with E-state index in [0.717, 1.165) is 42.2 Å².